The Morgan fingerprint density at radius 2 is 1.61 bits per heavy atom. The number of rotatable bonds is 5. The number of hydrogen-bond acceptors (Lipinski definition) is 3. The van der Waals surface area contributed by atoms with Crippen LogP contribution in [0.15, 0.2) is 66.7 Å². The molecule has 1 heterocycles. The number of fused-ring (bicyclic) bond motifs is 1. The Labute approximate surface area is 164 Å². The van der Waals surface area contributed by atoms with E-state index in [9.17, 15) is 9.59 Å². The molecule has 0 aromatic heterocycles. The van der Waals surface area contributed by atoms with Gasteiger partial charge in [-0.25, -0.2) is 0 Å². The van der Waals surface area contributed by atoms with Gasteiger partial charge < -0.3 is 15.5 Å². The van der Waals surface area contributed by atoms with Crippen LogP contribution in [0.2, 0.25) is 0 Å². The van der Waals surface area contributed by atoms with E-state index in [1.165, 1.54) is 0 Å². The maximum Gasteiger partial charge on any atom is 0.253 e. The summed E-state index contributed by atoms with van der Waals surface area (Å²) in [5, 5.41) is 8.24. The minimum atomic E-state index is -0.133. The van der Waals surface area contributed by atoms with Crippen molar-refractivity contribution in [3.05, 3.63) is 72.3 Å². The van der Waals surface area contributed by atoms with Crippen LogP contribution in [-0.4, -0.2) is 36.3 Å². The van der Waals surface area contributed by atoms with Crippen LogP contribution in [0, 0.1) is 0 Å². The second kappa shape index (κ2) is 8.13. The van der Waals surface area contributed by atoms with E-state index in [1.807, 2.05) is 71.6 Å². The highest BCUT2D eigenvalue weighted by atomic mass is 16.2. The molecule has 3 aromatic rings. The molecule has 5 nitrogen and oxygen atoms in total. The minimum absolute atomic E-state index is 0.0572. The number of amides is 2. The fourth-order valence-corrected chi connectivity index (χ4v) is 3.52. The van der Waals surface area contributed by atoms with E-state index in [2.05, 4.69) is 10.6 Å². The summed E-state index contributed by atoms with van der Waals surface area (Å²) in [5.74, 6) is -0.0756. The van der Waals surface area contributed by atoms with Gasteiger partial charge in [0.05, 0.1) is 6.54 Å². The van der Waals surface area contributed by atoms with Crippen molar-refractivity contribution in [2.75, 3.05) is 30.3 Å². The molecule has 0 unspecified atom stereocenters. The third-order valence-electron chi connectivity index (χ3n) is 4.99. The average Bonchev–Trinajstić information content (AvgIpc) is 3.27. The summed E-state index contributed by atoms with van der Waals surface area (Å²) in [6.45, 7) is 1.78. The second-order valence-corrected chi connectivity index (χ2v) is 7.04. The van der Waals surface area contributed by atoms with Crippen LogP contribution in [0.25, 0.3) is 10.8 Å². The standard InChI is InChI=1S/C23H23N3O2/c27-22(25-21-11-10-17-6-1-2-7-18(17)14-21)16-24-20-9-5-8-19(15-20)23(28)26-12-3-4-13-26/h1-2,5-11,14-15,24H,3-4,12-13,16H2,(H,25,27). The van der Waals surface area contributed by atoms with Crippen molar-refractivity contribution >= 4 is 34.0 Å². The van der Waals surface area contributed by atoms with Gasteiger partial charge in [-0.2, -0.15) is 0 Å². The molecule has 0 bridgehead atoms. The first-order chi connectivity index (χ1) is 13.7. The molecule has 28 heavy (non-hydrogen) atoms. The molecule has 5 heteroatoms. The van der Waals surface area contributed by atoms with E-state index in [0.717, 1.165) is 48.1 Å². The average molecular weight is 373 g/mol. The smallest absolute Gasteiger partial charge is 0.253 e. The van der Waals surface area contributed by atoms with Gasteiger partial charge in [-0.3, -0.25) is 9.59 Å². The highest BCUT2D eigenvalue weighted by Gasteiger charge is 2.19. The van der Waals surface area contributed by atoms with Crippen LogP contribution in [0.5, 0.6) is 0 Å². The molecule has 0 atom stereocenters. The van der Waals surface area contributed by atoms with Crippen LogP contribution in [-0.2, 0) is 4.79 Å². The molecule has 1 saturated heterocycles. The number of carbonyl (C=O) groups excluding carboxylic acids is 2. The molecule has 3 aromatic carbocycles. The first-order valence-corrected chi connectivity index (χ1v) is 9.61. The Morgan fingerprint density at radius 1 is 0.821 bits per heavy atom. The van der Waals surface area contributed by atoms with Crippen molar-refractivity contribution in [3.8, 4) is 0 Å². The first-order valence-electron chi connectivity index (χ1n) is 9.61. The third kappa shape index (κ3) is 4.14. The number of nitrogens with one attached hydrogen (secondary N) is 2. The zero-order valence-electron chi connectivity index (χ0n) is 15.7. The van der Waals surface area contributed by atoms with Gasteiger partial charge in [0.25, 0.3) is 5.91 Å². The number of anilines is 2. The SMILES string of the molecule is O=C(CNc1cccc(C(=O)N2CCCC2)c1)Nc1ccc2ccccc2c1. The number of likely N-dealkylation sites (tertiary alicyclic amines) is 1. The van der Waals surface area contributed by atoms with Crippen molar-refractivity contribution in [1.82, 2.24) is 4.90 Å². The lowest BCUT2D eigenvalue weighted by Crippen LogP contribution is -2.27. The molecule has 1 fully saturated rings. The number of carbonyl (C=O) groups is 2. The van der Waals surface area contributed by atoms with Gasteiger partial charge in [0.2, 0.25) is 5.91 Å². The van der Waals surface area contributed by atoms with Gasteiger partial charge in [-0.15, -0.1) is 0 Å². The van der Waals surface area contributed by atoms with E-state index in [4.69, 9.17) is 0 Å². The Kier molecular flexibility index (Phi) is 5.24. The second-order valence-electron chi connectivity index (χ2n) is 7.04. The Hall–Kier alpha value is -3.34. The van der Waals surface area contributed by atoms with Crippen molar-refractivity contribution in [2.24, 2.45) is 0 Å². The summed E-state index contributed by atoms with van der Waals surface area (Å²) in [4.78, 5) is 26.7. The molecule has 0 aliphatic carbocycles. The lowest BCUT2D eigenvalue weighted by atomic mass is 10.1. The summed E-state index contributed by atoms with van der Waals surface area (Å²) in [5.41, 5.74) is 2.18. The van der Waals surface area contributed by atoms with Gasteiger partial charge in [-0.1, -0.05) is 36.4 Å². The molecule has 2 N–H and O–H groups in total. The molecule has 0 radical (unpaired) electrons. The normalized spacial score (nSPS) is 13.5. The number of benzene rings is 3. The van der Waals surface area contributed by atoms with Gasteiger partial charge in [0.1, 0.15) is 0 Å². The molecule has 142 valence electrons. The zero-order chi connectivity index (χ0) is 19.3. The number of nitrogens with zero attached hydrogens (tertiary/aromatic N) is 1. The first kappa shape index (κ1) is 18.0. The maximum absolute atomic E-state index is 12.5. The van der Waals surface area contributed by atoms with Crippen molar-refractivity contribution in [3.63, 3.8) is 0 Å². The summed E-state index contributed by atoms with van der Waals surface area (Å²) in [6, 6.07) is 21.2. The molecule has 2 amide bonds. The summed E-state index contributed by atoms with van der Waals surface area (Å²) >= 11 is 0. The van der Waals surface area contributed by atoms with Gasteiger partial charge in [0, 0.05) is 30.0 Å². The highest BCUT2D eigenvalue weighted by molar-refractivity contribution is 5.97. The highest BCUT2D eigenvalue weighted by Crippen LogP contribution is 2.19. The van der Waals surface area contributed by atoms with Gasteiger partial charge in [-0.05, 0) is 53.9 Å². The fourth-order valence-electron chi connectivity index (χ4n) is 3.52. The van der Waals surface area contributed by atoms with Crippen LogP contribution in [0.4, 0.5) is 11.4 Å². The largest absolute Gasteiger partial charge is 0.376 e. The van der Waals surface area contributed by atoms with E-state index < -0.39 is 0 Å². The molecule has 4 rings (SSSR count). The Bertz CT molecular complexity index is 1010. The van der Waals surface area contributed by atoms with E-state index in [1.54, 1.807) is 0 Å². The number of hydrogen-bond donors (Lipinski definition) is 2. The minimum Gasteiger partial charge on any atom is -0.376 e. The van der Waals surface area contributed by atoms with Crippen molar-refractivity contribution in [2.45, 2.75) is 12.8 Å². The molecular formula is C23H23N3O2. The summed E-state index contributed by atoms with van der Waals surface area (Å²) in [7, 11) is 0. The molecule has 1 aliphatic rings. The molecule has 0 saturated carbocycles. The van der Waals surface area contributed by atoms with Crippen molar-refractivity contribution < 1.29 is 9.59 Å². The van der Waals surface area contributed by atoms with E-state index in [0.29, 0.717) is 5.56 Å². The summed E-state index contributed by atoms with van der Waals surface area (Å²) < 4.78 is 0. The molecular weight excluding hydrogens is 350 g/mol. The van der Waals surface area contributed by atoms with Crippen LogP contribution < -0.4 is 10.6 Å². The van der Waals surface area contributed by atoms with Crippen molar-refractivity contribution in [1.29, 1.82) is 0 Å². The topological polar surface area (TPSA) is 61.4 Å². The Morgan fingerprint density at radius 3 is 2.43 bits per heavy atom. The van der Waals surface area contributed by atoms with Crippen LogP contribution >= 0.6 is 0 Å². The van der Waals surface area contributed by atoms with Crippen LogP contribution in [0.3, 0.4) is 0 Å². The van der Waals surface area contributed by atoms with Gasteiger partial charge in [0.15, 0.2) is 0 Å². The third-order valence-corrected chi connectivity index (χ3v) is 4.99. The molecule has 1 aliphatic heterocycles. The quantitative estimate of drug-likeness (QED) is 0.707. The predicted octanol–water partition coefficient (Wildman–Crippen LogP) is 4.13. The summed E-state index contributed by atoms with van der Waals surface area (Å²) in [6.07, 6.45) is 2.14. The van der Waals surface area contributed by atoms with Gasteiger partial charge >= 0.3 is 0 Å². The monoisotopic (exact) mass is 373 g/mol. The van der Waals surface area contributed by atoms with Crippen LogP contribution in [0.1, 0.15) is 23.2 Å². The zero-order valence-corrected chi connectivity index (χ0v) is 15.7. The maximum atomic E-state index is 12.5. The Balaban J connectivity index is 1.36. The molecule has 0 spiro atoms. The van der Waals surface area contributed by atoms with E-state index in [-0.39, 0.29) is 18.4 Å². The fraction of sp³-hybridized carbons (Fsp3) is 0.217. The predicted molar refractivity (Wildman–Crippen MR) is 113 cm³/mol. The lowest BCUT2D eigenvalue weighted by molar-refractivity contribution is -0.114. The lowest BCUT2D eigenvalue weighted by Gasteiger charge is -2.16. The van der Waals surface area contributed by atoms with E-state index >= 15 is 0 Å².